The second kappa shape index (κ2) is 5.91. The fourth-order valence-corrected chi connectivity index (χ4v) is 2.62. The minimum absolute atomic E-state index is 0.0825. The Kier molecular flexibility index (Phi) is 3.98. The van der Waals surface area contributed by atoms with Gasteiger partial charge in [0.1, 0.15) is 5.76 Å². The van der Waals surface area contributed by atoms with Gasteiger partial charge in [0.2, 0.25) is 0 Å². The highest BCUT2D eigenvalue weighted by Gasteiger charge is 2.18. The lowest BCUT2D eigenvalue weighted by Gasteiger charge is -2.16. The lowest BCUT2D eigenvalue weighted by atomic mass is 10.0. The maximum atomic E-state index is 11.3. The topological polar surface area (TPSA) is 71.2 Å². The SMILES string of the molecule is CCCNC(c1ccc2[nH]c(=O)oc2c1)c1ccc(Br)o1. The van der Waals surface area contributed by atoms with Crippen LogP contribution < -0.4 is 11.1 Å². The minimum Gasteiger partial charge on any atom is -0.452 e. The average Bonchev–Trinajstić information content (AvgIpc) is 3.04. The second-order valence-corrected chi connectivity index (χ2v) is 5.58. The molecule has 2 N–H and O–H groups in total. The number of nitrogens with one attached hydrogen (secondary N) is 2. The van der Waals surface area contributed by atoms with Crippen LogP contribution in [0.3, 0.4) is 0 Å². The first-order chi connectivity index (χ1) is 10.2. The number of hydrogen-bond acceptors (Lipinski definition) is 4. The molecule has 3 rings (SSSR count). The van der Waals surface area contributed by atoms with E-state index >= 15 is 0 Å². The van der Waals surface area contributed by atoms with Crippen LogP contribution in [0.15, 0.2) is 48.6 Å². The van der Waals surface area contributed by atoms with Crippen LogP contribution in [-0.2, 0) is 0 Å². The smallest absolute Gasteiger partial charge is 0.417 e. The second-order valence-electron chi connectivity index (χ2n) is 4.80. The lowest BCUT2D eigenvalue weighted by Crippen LogP contribution is -2.22. The number of benzene rings is 1. The molecule has 0 saturated heterocycles. The van der Waals surface area contributed by atoms with E-state index in [-0.39, 0.29) is 6.04 Å². The summed E-state index contributed by atoms with van der Waals surface area (Å²) in [7, 11) is 0. The molecule has 6 heteroatoms. The van der Waals surface area contributed by atoms with Crippen molar-refractivity contribution in [3.05, 3.63) is 56.9 Å². The van der Waals surface area contributed by atoms with Crippen molar-refractivity contribution < 1.29 is 8.83 Å². The third-order valence-electron chi connectivity index (χ3n) is 3.26. The summed E-state index contributed by atoms with van der Waals surface area (Å²) >= 11 is 3.33. The van der Waals surface area contributed by atoms with E-state index in [1.807, 2.05) is 30.3 Å². The largest absolute Gasteiger partial charge is 0.452 e. The molecule has 1 aromatic carbocycles. The molecule has 21 heavy (non-hydrogen) atoms. The molecule has 0 amide bonds. The third-order valence-corrected chi connectivity index (χ3v) is 3.68. The van der Waals surface area contributed by atoms with Crippen molar-refractivity contribution in [3.8, 4) is 0 Å². The van der Waals surface area contributed by atoms with Gasteiger partial charge in [-0.15, -0.1) is 0 Å². The maximum Gasteiger partial charge on any atom is 0.417 e. The highest BCUT2D eigenvalue weighted by Crippen LogP contribution is 2.27. The van der Waals surface area contributed by atoms with Crippen molar-refractivity contribution in [2.45, 2.75) is 19.4 Å². The molecule has 0 aliphatic carbocycles. The van der Waals surface area contributed by atoms with Gasteiger partial charge in [0.05, 0.1) is 11.6 Å². The van der Waals surface area contributed by atoms with Gasteiger partial charge in [0, 0.05) is 0 Å². The van der Waals surface area contributed by atoms with Gasteiger partial charge >= 0.3 is 5.76 Å². The Morgan fingerprint density at radius 3 is 2.86 bits per heavy atom. The van der Waals surface area contributed by atoms with Gasteiger partial charge in [-0.1, -0.05) is 13.0 Å². The van der Waals surface area contributed by atoms with Crippen LogP contribution in [0.1, 0.15) is 30.7 Å². The van der Waals surface area contributed by atoms with Crippen molar-refractivity contribution in [2.24, 2.45) is 0 Å². The zero-order valence-corrected chi connectivity index (χ0v) is 13.1. The molecular formula is C15H15BrN2O3. The highest BCUT2D eigenvalue weighted by molar-refractivity contribution is 9.10. The molecule has 0 saturated carbocycles. The van der Waals surface area contributed by atoms with Crippen LogP contribution in [-0.4, -0.2) is 11.5 Å². The van der Waals surface area contributed by atoms with E-state index < -0.39 is 5.76 Å². The predicted molar refractivity (Wildman–Crippen MR) is 83.4 cm³/mol. The van der Waals surface area contributed by atoms with Crippen LogP contribution in [0.5, 0.6) is 0 Å². The van der Waals surface area contributed by atoms with Crippen LogP contribution in [0.4, 0.5) is 0 Å². The van der Waals surface area contributed by atoms with Crippen molar-refractivity contribution in [3.63, 3.8) is 0 Å². The molecule has 5 nitrogen and oxygen atoms in total. The Morgan fingerprint density at radius 2 is 2.14 bits per heavy atom. The Hall–Kier alpha value is -1.79. The zero-order chi connectivity index (χ0) is 14.8. The van der Waals surface area contributed by atoms with Gasteiger partial charge in [0.25, 0.3) is 0 Å². The Morgan fingerprint density at radius 1 is 1.29 bits per heavy atom. The van der Waals surface area contributed by atoms with E-state index in [9.17, 15) is 4.79 Å². The minimum atomic E-state index is -0.444. The Bertz CT molecular complexity index is 802. The number of aromatic nitrogens is 1. The summed E-state index contributed by atoms with van der Waals surface area (Å²) in [4.78, 5) is 13.9. The first-order valence-electron chi connectivity index (χ1n) is 6.79. The molecule has 0 aliphatic heterocycles. The molecule has 0 bridgehead atoms. The van der Waals surface area contributed by atoms with Crippen molar-refractivity contribution >= 4 is 27.0 Å². The number of fused-ring (bicyclic) bond motifs is 1. The number of halogens is 1. The Labute approximate surface area is 129 Å². The van der Waals surface area contributed by atoms with Gasteiger partial charge in [-0.25, -0.2) is 4.79 Å². The number of hydrogen-bond donors (Lipinski definition) is 2. The van der Waals surface area contributed by atoms with Crippen LogP contribution in [0.25, 0.3) is 11.1 Å². The fraction of sp³-hybridized carbons (Fsp3) is 0.267. The van der Waals surface area contributed by atoms with Crippen molar-refractivity contribution in [2.75, 3.05) is 6.54 Å². The fourth-order valence-electron chi connectivity index (χ4n) is 2.30. The summed E-state index contributed by atoms with van der Waals surface area (Å²) in [5.74, 6) is 0.369. The van der Waals surface area contributed by atoms with Gasteiger partial charge in [0.15, 0.2) is 10.3 Å². The number of rotatable bonds is 5. The van der Waals surface area contributed by atoms with Crippen LogP contribution in [0, 0.1) is 0 Å². The van der Waals surface area contributed by atoms with Crippen molar-refractivity contribution in [1.29, 1.82) is 0 Å². The van der Waals surface area contributed by atoms with Gasteiger partial charge in [-0.3, -0.25) is 4.98 Å². The zero-order valence-electron chi connectivity index (χ0n) is 11.5. The summed E-state index contributed by atoms with van der Waals surface area (Å²) in [6.07, 6.45) is 1.01. The molecule has 1 unspecified atom stereocenters. The first-order valence-corrected chi connectivity index (χ1v) is 7.58. The van der Waals surface area contributed by atoms with Gasteiger partial charge in [-0.2, -0.15) is 0 Å². The normalized spacial score (nSPS) is 12.9. The standard InChI is InChI=1S/C15H15BrN2O3/c1-2-7-17-14(11-5-6-13(16)20-11)9-3-4-10-12(8-9)21-15(19)18-10/h3-6,8,14,17H,2,7H2,1H3,(H,18,19). The molecule has 0 fully saturated rings. The van der Waals surface area contributed by atoms with E-state index in [1.165, 1.54) is 0 Å². The van der Waals surface area contributed by atoms with Crippen molar-refractivity contribution in [1.82, 2.24) is 10.3 Å². The quantitative estimate of drug-likeness (QED) is 0.737. The third kappa shape index (κ3) is 2.96. The first kappa shape index (κ1) is 14.2. The van der Waals surface area contributed by atoms with E-state index in [0.717, 1.165) is 24.3 Å². The molecular weight excluding hydrogens is 336 g/mol. The van der Waals surface area contributed by atoms with Crippen LogP contribution in [0.2, 0.25) is 0 Å². The summed E-state index contributed by atoms with van der Waals surface area (Å²) in [5.41, 5.74) is 2.23. The van der Waals surface area contributed by atoms with E-state index in [4.69, 9.17) is 8.83 Å². The molecule has 2 aromatic heterocycles. The number of oxazole rings is 1. The average molecular weight is 351 g/mol. The lowest BCUT2D eigenvalue weighted by molar-refractivity contribution is 0.433. The summed E-state index contributed by atoms with van der Waals surface area (Å²) in [5, 5.41) is 3.44. The van der Waals surface area contributed by atoms with E-state index in [2.05, 4.69) is 33.2 Å². The maximum absolute atomic E-state index is 11.3. The summed E-state index contributed by atoms with van der Waals surface area (Å²) in [6, 6.07) is 9.36. The molecule has 0 spiro atoms. The number of furan rings is 1. The number of aromatic amines is 1. The molecule has 110 valence electrons. The summed E-state index contributed by atoms with van der Waals surface area (Å²) in [6.45, 7) is 2.97. The van der Waals surface area contributed by atoms with Gasteiger partial charge in [-0.05, 0) is 58.7 Å². The molecule has 3 aromatic rings. The Balaban J connectivity index is 2.02. The molecule has 1 atom stereocenters. The van der Waals surface area contributed by atoms with E-state index in [0.29, 0.717) is 15.8 Å². The molecule has 0 radical (unpaired) electrons. The monoisotopic (exact) mass is 350 g/mol. The summed E-state index contributed by atoms with van der Waals surface area (Å²) < 4.78 is 11.5. The molecule has 2 heterocycles. The van der Waals surface area contributed by atoms with Gasteiger partial charge < -0.3 is 14.2 Å². The number of H-pyrrole nitrogens is 1. The van der Waals surface area contributed by atoms with E-state index in [1.54, 1.807) is 0 Å². The predicted octanol–water partition coefficient (Wildman–Crippen LogP) is 3.57. The van der Waals surface area contributed by atoms with Crippen LogP contribution >= 0.6 is 15.9 Å². The highest BCUT2D eigenvalue weighted by atomic mass is 79.9. The molecule has 0 aliphatic rings.